The lowest BCUT2D eigenvalue weighted by atomic mass is 10.0. The molecular weight excluding hydrogens is 851 g/mol. The van der Waals surface area contributed by atoms with Crippen LogP contribution in [0.5, 0.6) is 0 Å². The van der Waals surface area contributed by atoms with Crippen LogP contribution in [0.3, 0.4) is 0 Å². The molecule has 3 N–H and O–H groups in total. The van der Waals surface area contributed by atoms with Crippen molar-refractivity contribution < 1.29 is 24.5 Å². The summed E-state index contributed by atoms with van der Waals surface area (Å²) < 4.78 is 5.49. The van der Waals surface area contributed by atoms with Gasteiger partial charge in [-0.05, 0) is 83.5 Å². The van der Waals surface area contributed by atoms with E-state index >= 15 is 0 Å². The summed E-state index contributed by atoms with van der Waals surface area (Å²) in [5.41, 5.74) is 0. The van der Waals surface area contributed by atoms with Gasteiger partial charge in [0.05, 0.1) is 25.4 Å². The molecule has 0 aromatic rings. The van der Waals surface area contributed by atoms with E-state index < -0.39 is 12.1 Å². The average Bonchev–Trinajstić information content (AvgIpc) is 3.35. The standard InChI is InChI=1S/C63H119NO5/c1-3-5-7-9-11-13-15-17-19-21-22-25-29-33-37-41-45-49-53-57-63(68)69-58-54-50-46-42-38-34-30-26-23-24-28-32-36-40-44-48-52-56-62(67)64-60(59-65)61(66)55-51-47-43-39-35-31-27-20-18-16-14-12-10-8-6-4-2/h17,19,23,26,51,55,60-61,65-66H,3-16,18,20-22,24-25,27-50,52-54,56-59H2,1-2H3,(H,64,67)/b19-17-,26-23-,55-51+. The number of hydrogen-bond donors (Lipinski definition) is 3. The Balaban J connectivity index is 3.46. The Morgan fingerprint density at radius 2 is 0.681 bits per heavy atom. The molecule has 0 bridgehead atoms. The van der Waals surface area contributed by atoms with Crippen molar-refractivity contribution in [2.24, 2.45) is 0 Å². The summed E-state index contributed by atoms with van der Waals surface area (Å²) in [7, 11) is 0. The number of carbonyl (C=O) groups is 2. The van der Waals surface area contributed by atoms with Crippen LogP contribution in [0.25, 0.3) is 0 Å². The van der Waals surface area contributed by atoms with Crippen molar-refractivity contribution in [3.05, 3.63) is 36.5 Å². The van der Waals surface area contributed by atoms with Gasteiger partial charge in [-0.25, -0.2) is 0 Å². The number of unbranched alkanes of at least 4 members (excludes halogenated alkanes) is 42. The molecule has 0 saturated carbocycles. The Labute approximate surface area is 430 Å². The summed E-state index contributed by atoms with van der Waals surface area (Å²) in [6, 6.07) is -0.637. The van der Waals surface area contributed by atoms with Crippen molar-refractivity contribution in [3.8, 4) is 0 Å². The highest BCUT2D eigenvalue weighted by Crippen LogP contribution is 2.16. The third kappa shape index (κ3) is 55.2. The maximum Gasteiger partial charge on any atom is 0.305 e. The summed E-state index contributed by atoms with van der Waals surface area (Å²) in [5.74, 6) is -0.0819. The number of hydrogen-bond acceptors (Lipinski definition) is 5. The highest BCUT2D eigenvalue weighted by molar-refractivity contribution is 5.76. The van der Waals surface area contributed by atoms with Gasteiger partial charge in [0, 0.05) is 12.8 Å². The first-order chi connectivity index (χ1) is 34.0. The van der Waals surface area contributed by atoms with Crippen molar-refractivity contribution in [1.29, 1.82) is 0 Å². The number of esters is 1. The molecule has 406 valence electrons. The van der Waals surface area contributed by atoms with Crippen LogP contribution in [0.4, 0.5) is 0 Å². The Bertz CT molecular complexity index is 1120. The predicted octanol–water partition coefficient (Wildman–Crippen LogP) is 19.2. The fraction of sp³-hybridized carbons (Fsp3) is 0.873. The molecule has 0 aromatic carbocycles. The highest BCUT2D eigenvalue weighted by atomic mass is 16.5. The van der Waals surface area contributed by atoms with E-state index in [1.807, 2.05) is 6.08 Å². The van der Waals surface area contributed by atoms with Gasteiger partial charge in [-0.3, -0.25) is 9.59 Å². The zero-order chi connectivity index (χ0) is 50.0. The first-order valence-electron chi connectivity index (χ1n) is 30.8. The highest BCUT2D eigenvalue weighted by Gasteiger charge is 2.18. The Kier molecular flexibility index (Phi) is 57.0. The number of allylic oxidation sites excluding steroid dienone is 5. The van der Waals surface area contributed by atoms with Crippen LogP contribution in [0.2, 0.25) is 0 Å². The lowest BCUT2D eigenvalue weighted by Gasteiger charge is -2.20. The third-order valence-electron chi connectivity index (χ3n) is 14.1. The normalized spacial score (nSPS) is 12.8. The zero-order valence-corrected chi connectivity index (χ0v) is 46.3. The van der Waals surface area contributed by atoms with Gasteiger partial charge < -0.3 is 20.3 Å². The van der Waals surface area contributed by atoms with E-state index in [4.69, 9.17) is 4.74 Å². The van der Waals surface area contributed by atoms with Gasteiger partial charge in [-0.2, -0.15) is 0 Å². The molecule has 1 amide bonds. The minimum Gasteiger partial charge on any atom is -0.466 e. The molecule has 2 atom stereocenters. The maximum atomic E-state index is 12.5. The Morgan fingerprint density at radius 3 is 1.03 bits per heavy atom. The van der Waals surface area contributed by atoms with Crippen molar-refractivity contribution in [1.82, 2.24) is 5.32 Å². The lowest BCUT2D eigenvalue weighted by molar-refractivity contribution is -0.143. The van der Waals surface area contributed by atoms with Crippen LogP contribution in [0.1, 0.15) is 328 Å². The topological polar surface area (TPSA) is 95.9 Å². The van der Waals surface area contributed by atoms with Crippen LogP contribution in [-0.2, 0) is 14.3 Å². The molecule has 0 radical (unpaired) electrons. The van der Waals surface area contributed by atoms with E-state index in [0.717, 1.165) is 57.8 Å². The zero-order valence-electron chi connectivity index (χ0n) is 46.3. The first kappa shape index (κ1) is 67.1. The minimum atomic E-state index is -0.853. The molecule has 0 spiro atoms. The Morgan fingerprint density at radius 1 is 0.391 bits per heavy atom. The molecule has 0 fully saturated rings. The summed E-state index contributed by atoms with van der Waals surface area (Å²) in [5, 5.41) is 23.1. The molecule has 0 rings (SSSR count). The SMILES string of the molecule is CCCCCCCC/C=C\CCCCCCCCCCCC(=O)OCCCCCCCC/C=C\CCCCCCCCCC(=O)NC(CO)C(O)/C=C/CCCCCCCCCCCCCCCC. The average molecular weight is 971 g/mol. The second kappa shape index (κ2) is 58.6. The summed E-state index contributed by atoms with van der Waals surface area (Å²) >= 11 is 0. The third-order valence-corrected chi connectivity index (χ3v) is 14.1. The van der Waals surface area contributed by atoms with Gasteiger partial charge in [0.15, 0.2) is 0 Å². The van der Waals surface area contributed by atoms with E-state index in [2.05, 4.69) is 43.5 Å². The molecule has 0 heterocycles. The number of aliphatic hydroxyl groups is 2. The number of amides is 1. The molecule has 0 aliphatic carbocycles. The fourth-order valence-electron chi connectivity index (χ4n) is 9.39. The van der Waals surface area contributed by atoms with Crippen LogP contribution >= 0.6 is 0 Å². The molecule has 69 heavy (non-hydrogen) atoms. The van der Waals surface area contributed by atoms with Gasteiger partial charge in [-0.15, -0.1) is 0 Å². The minimum absolute atomic E-state index is 0.00308. The lowest BCUT2D eigenvalue weighted by Crippen LogP contribution is -2.45. The summed E-state index contributed by atoms with van der Waals surface area (Å²) in [4.78, 5) is 24.6. The summed E-state index contributed by atoms with van der Waals surface area (Å²) in [6.45, 7) is 4.89. The van der Waals surface area contributed by atoms with E-state index in [1.54, 1.807) is 6.08 Å². The van der Waals surface area contributed by atoms with Gasteiger partial charge in [0.1, 0.15) is 0 Å². The number of carbonyl (C=O) groups excluding carboxylic acids is 2. The molecule has 6 nitrogen and oxygen atoms in total. The van der Waals surface area contributed by atoms with Crippen molar-refractivity contribution in [3.63, 3.8) is 0 Å². The molecule has 0 aliphatic heterocycles. The molecule has 0 aliphatic rings. The van der Waals surface area contributed by atoms with Gasteiger partial charge in [-0.1, -0.05) is 269 Å². The molecule has 2 unspecified atom stereocenters. The van der Waals surface area contributed by atoms with Crippen LogP contribution in [0, 0.1) is 0 Å². The van der Waals surface area contributed by atoms with Gasteiger partial charge in [0.2, 0.25) is 5.91 Å². The quantitative estimate of drug-likeness (QED) is 0.0321. The van der Waals surface area contributed by atoms with E-state index in [0.29, 0.717) is 19.4 Å². The molecule has 0 aromatic heterocycles. The number of nitrogens with one attached hydrogen (secondary N) is 1. The Hall–Kier alpha value is -1.92. The summed E-state index contributed by atoms with van der Waals surface area (Å²) in [6.07, 6.45) is 73.2. The second-order valence-electron chi connectivity index (χ2n) is 21.0. The smallest absolute Gasteiger partial charge is 0.305 e. The largest absolute Gasteiger partial charge is 0.466 e. The van der Waals surface area contributed by atoms with Gasteiger partial charge in [0.25, 0.3) is 0 Å². The van der Waals surface area contributed by atoms with Crippen LogP contribution in [0.15, 0.2) is 36.5 Å². The number of ether oxygens (including phenoxy) is 1. The van der Waals surface area contributed by atoms with Crippen molar-refractivity contribution >= 4 is 11.9 Å². The van der Waals surface area contributed by atoms with Crippen LogP contribution in [-0.4, -0.2) is 47.4 Å². The molecule has 6 heteroatoms. The van der Waals surface area contributed by atoms with E-state index in [1.165, 1.54) is 244 Å². The fourth-order valence-corrected chi connectivity index (χ4v) is 9.39. The van der Waals surface area contributed by atoms with Crippen molar-refractivity contribution in [2.45, 2.75) is 341 Å². The van der Waals surface area contributed by atoms with Gasteiger partial charge >= 0.3 is 5.97 Å². The first-order valence-corrected chi connectivity index (χ1v) is 30.8. The van der Waals surface area contributed by atoms with Crippen molar-refractivity contribution in [2.75, 3.05) is 13.2 Å². The monoisotopic (exact) mass is 970 g/mol. The van der Waals surface area contributed by atoms with E-state index in [-0.39, 0.29) is 18.5 Å². The second-order valence-corrected chi connectivity index (χ2v) is 21.0. The van der Waals surface area contributed by atoms with Crippen LogP contribution < -0.4 is 5.32 Å². The number of rotatable bonds is 57. The van der Waals surface area contributed by atoms with E-state index in [9.17, 15) is 19.8 Å². The predicted molar refractivity (Wildman–Crippen MR) is 301 cm³/mol. The maximum absolute atomic E-state index is 12.5. The molecule has 0 saturated heterocycles. The number of aliphatic hydroxyl groups excluding tert-OH is 2. The molecular formula is C63H119NO5.